The van der Waals surface area contributed by atoms with Crippen LogP contribution in [0.25, 0.3) is 0 Å². The number of phenolic OH excluding ortho intramolecular Hbond substituents is 1. The number of methoxy groups -OCH3 is 2. The number of carbonyl (C=O) groups is 1. The van der Waals surface area contributed by atoms with Crippen molar-refractivity contribution in [3.05, 3.63) is 17.7 Å². The summed E-state index contributed by atoms with van der Waals surface area (Å²) >= 11 is 0. The number of aldehydes is 1. The van der Waals surface area contributed by atoms with E-state index in [1.165, 1.54) is 19.2 Å². The molecule has 3 N–H and O–H groups in total. The standard InChI is InChI=1S/C8H9NO3.C2H6O/c1-12-8-2-5(4-10)6(9)3-7(8)11;1-3-2/h2-4,11H,9H2,1H3;1-2H3. The first-order valence-electron chi connectivity index (χ1n) is 4.12. The fraction of sp³-hybridized carbons (Fsp3) is 0.300. The molecule has 0 aliphatic rings. The van der Waals surface area contributed by atoms with E-state index in [0.717, 1.165) is 0 Å². The molecule has 0 bridgehead atoms. The Balaban J connectivity index is 0.000000583. The van der Waals surface area contributed by atoms with Gasteiger partial charge < -0.3 is 20.3 Å². The Morgan fingerprint density at radius 3 is 2.27 bits per heavy atom. The summed E-state index contributed by atoms with van der Waals surface area (Å²) in [5.41, 5.74) is 5.96. The number of anilines is 1. The molecule has 1 rings (SSSR count). The van der Waals surface area contributed by atoms with Crippen LogP contribution < -0.4 is 10.5 Å². The monoisotopic (exact) mass is 213 g/mol. The highest BCUT2D eigenvalue weighted by molar-refractivity contribution is 5.85. The van der Waals surface area contributed by atoms with Gasteiger partial charge in [0, 0.05) is 31.5 Å². The van der Waals surface area contributed by atoms with Gasteiger partial charge in [0.05, 0.1) is 7.11 Å². The number of phenols is 1. The molecule has 0 aliphatic heterocycles. The predicted octanol–water partition coefficient (Wildman–Crippen LogP) is 1.06. The van der Waals surface area contributed by atoms with Crippen LogP contribution in [0.15, 0.2) is 12.1 Å². The lowest BCUT2D eigenvalue weighted by molar-refractivity contribution is 0.112. The largest absolute Gasteiger partial charge is 0.504 e. The lowest BCUT2D eigenvalue weighted by Crippen LogP contribution is -1.94. The first kappa shape index (κ1) is 13.2. The van der Waals surface area contributed by atoms with Crippen LogP contribution in [0.4, 0.5) is 5.69 Å². The zero-order chi connectivity index (χ0) is 11.8. The van der Waals surface area contributed by atoms with Crippen molar-refractivity contribution >= 4 is 12.0 Å². The number of carbonyl (C=O) groups excluding carboxylic acids is 1. The quantitative estimate of drug-likeness (QED) is 0.567. The zero-order valence-electron chi connectivity index (χ0n) is 8.98. The molecule has 0 aliphatic carbocycles. The van der Waals surface area contributed by atoms with E-state index in [1.54, 1.807) is 14.2 Å². The summed E-state index contributed by atoms with van der Waals surface area (Å²) in [5, 5.41) is 9.19. The van der Waals surface area contributed by atoms with E-state index in [0.29, 0.717) is 11.8 Å². The van der Waals surface area contributed by atoms with Crippen molar-refractivity contribution in [2.75, 3.05) is 27.1 Å². The van der Waals surface area contributed by atoms with Crippen LogP contribution in [0.3, 0.4) is 0 Å². The second-order valence-corrected chi connectivity index (χ2v) is 2.68. The second-order valence-electron chi connectivity index (χ2n) is 2.68. The van der Waals surface area contributed by atoms with Crippen molar-refractivity contribution in [3.63, 3.8) is 0 Å². The smallest absolute Gasteiger partial charge is 0.161 e. The van der Waals surface area contributed by atoms with Crippen molar-refractivity contribution in [1.82, 2.24) is 0 Å². The lowest BCUT2D eigenvalue weighted by atomic mass is 10.2. The number of benzene rings is 1. The first-order valence-corrected chi connectivity index (χ1v) is 4.12. The maximum Gasteiger partial charge on any atom is 0.161 e. The van der Waals surface area contributed by atoms with Gasteiger partial charge in [-0.15, -0.1) is 0 Å². The maximum absolute atomic E-state index is 10.4. The summed E-state index contributed by atoms with van der Waals surface area (Å²) in [7, 11) is 4.65. The van der Waals surface area contributed by atoms with Gasteiger partial charge in [0.2, 0.25) is 0 Å². The van der Waals surface area contributed by atoms with Gasteiger partial charge in [-0.2, -0.15) is 0 Å². The number of hydrogen-bond donors (Lipinski definition) is 2. The number of nitrogens with two attached hydrogens (primary N) is 1. The molecule has 0 fully saturated rings. The van der Waals surface area contributed by atoms with E-state index in [1.807, 2.05) is 0 Å². The average molecular weight is 213 g/mol. The van der Waals surface area contributed by atoms with Crippen molar-refractivity contribution < 1.29 is 19.4 Å². The van der Waals surface area contributed by atoms with Crippen molar-refractivity contribution in [1.29, 1.82) is 0 Å². The summed E-state index contributed by atoms with van der Waals surface area (Å²) < 4.78 is 9.03. The number of nitrogen functional groups attached to an aromatic ring is 1. The Morgan fingerprint density at radius 1 is 1.33 bits per heavy atom. The number of rotatable bonds is 2. The topological polar surface area (TPSA) is 81.8 Å². The molecule has 0 heterocycles. The van der Waals surface area contributed by atoms with Crippen LogP contribution in [0, 0.1) is 0 Å². The molecule has 1 aromatic rings. The molecule has 0 atom stereocenters. The molecule has 5 heteroatoms. The second kappa shape index (κ2) is 6.67. The predicted molar refractivity (Wildman–Crippen MR) is 57.4 cm³/mol. The third-order valence-corrected chi connectivity index (χ3v) is 1.51. The van der Waals surface area contributed by atoms with Crippen LogP contribution in [0.2, 0.25) is 0 Å². The van der Waals surface area contributed by atoms with Gasteiger partial charge in [0.15, 0.2) is 17.8 Å². The van der Waals surface area contributed by atoms with E-state index >= 15 is 0 Å². The molecular weight excluding hydrogens is 198 g/mol. The Hall–Kier alpha value is -1.75. The van der Waals surface area contributed by atoms with E-state index in [2.05, 4.69) is 4.74 Å². The van der Waals surface area contributed by atoms with E-state index in [-0.39, 0.29) is 17.2 Å². The molecule has 0 saturated carbocycles. The molecule has 0 radical (unpaired) electrons. The number of hydrogen-bond acceptors (Lipinski definition) is 5. The van der Waals surface area contributed by atoms with Crippen molar-refractivity contribution in [2.45, 2.75) is 0 Å². The summed E-state index contributed by atoms with van der Waals surface area (Å²) in [4.78, 5) is 10.4. The summed E-state index contributed by atoms with van der Waals surface area (Å²) in [6, 6.07) is 2.67. The fourth-order valence-electron chi connectivity index (χ4n) is 0.866. The molecule has 0 amide bonds. The Labute approximate surface area is 88.4 Å². The van der Waals surface area contributed by atoms with Gasteiger partial charge in [0.25, 0.3) is 0 Å². The van der Waals surface area contributed by atoms with Crippen molar-refractivity contribution in [2.24, 2.45) is 0 Å². The minimum absolute atomic E-state index is 0.0689. The van der Waals surface area contributed by atoms with Crippen LogP contribution in [-0.2, 0) is 4.74 Å². The molecule has 5 nitrogen and oxygen atoms in total. The number of aromatic hydroxyl groups is 1. The van der Waals surface area contributed by atoms with Crippen LogP contribution in [-0.4, -0.2) is 32.7 Å². The molecule has 0 aromatic heterocycles. The highest BCUT2D eigenvalue weighted by Gasteiger charge is 2.05. The molecule has 1 aromatic carbocycles. The highest BCUT2D eigenvalue weighted by Crippen LogP contribution is 2.29. The molecule has 15 heavy (non-hydrogen) atoms. The molecule has 0 unspecified atom stereocenters. The van der Waals surface area contributed by atoms with Gasteiger partial charge in [-0.05, 0) is 6.07 Å². The van der Waals surface area contributed by atoms with Gasteiger partial charge in [0.1, 0.15) is 0 Å². The van der Waals surface area contributed by atoms with Crippen molar-refractivity contribution in [3.8, 4) is 11.5 Å². The summed E-state index contributed by atoms with van der Waals surface area (Å²) in [6.45, 7) is 0. The van der Waals surface area contributed by atoms with Gasteiger partial charge in [-0.1, -0.05) is 0 Å². The molecular formula is C10H15NO4. The van der Waals surface area contributed by atoms with Gasteiger partial charge >= 0.3 is 0 Å². The van der Waals surface area contributed by atoms with Crippen LogP contribution >= 0.6 is 0 Å². The SMILES string of the molecule is COC.COc1cc(C=O)c(N)cc1O. The van der Waals surface area contributed by atoms with Gasteiger partial charge in [-0.25, -0.2) is 0 Å². The lowest BCUT2D eigenvalue weighted by Gasteiger charge is -2.05. The highest BCUT2D eigenvalue weighted by atomic mass is 16.5. The van der Waals surface area contributed by atoms with Crippen LogP contribution in [0.1, 0.15) is 10.4 Å². The number of ether oxygens (including phenoxy) is 2. The van der Waals surface area contributed by atoms with E-state index in [4.69, 9.17) is 10.5 Å². The third-order valence-electron chi connectivity index (χ3n) is 1.51. The van der Waals surface area contributed by atoms with E-state index < -0.39 is 0 Å². The minimum Gasteiger partial charge on any atom is -0.504 e. The first-order chi connectivity index (χ1) is 7.10. The molecule has 84 valence electrons. The third kappa shape index (κ3) is 3.86. The van der Waals surface area contributed by atoms with E-state index in [9.17, 15) is 9.90 Å². The van der Waals surface area contributed by atoms with Gasteiger partial charge in [-0.3, -0.25) is 4.79 Å². The molecule has 0 spiro atoms. The maximum atomic E-state index is 10.4. The Kier molecular flexibility index (Phi) is 5.89. The zero-order valence-corrected chi connectivity index (χ0v) is 8.98. The Morgan fingerprint density at radius 2 is 1.87 bits per heavy atom. The fourth-order valence-corrected chi connectivity index (χ4v) is 0.866. The average Bonchev–Trinajstić information content (AvgIpc) is 2.19. The normalized spacial score (nSPS) is 8.73. The minimum atomic E-state index is -0.0689. The summed E-state index contributed by atoms with van der Waals surface area (Å²) in [5.74, 6) is 0.173. The summed E-state index contributed by atoms with van der Waals surface area (Å²) in [6.07, 6.45) is 0.608. The molecule has 0 saturated heterocycles. The van der Waals surface area contributed by atoms with Crippen LogP contribution in [0.5, 0.6) is 11.5 Å². The Bertz CT molecular complexity index is 325.